The molecule has 0 saturated heterocycles. The lowest BCUT2D eigenvalue weighted by molar-refractivity contribution is 0.0944. The Hall–Kier alpha value is -1.85. The summed E-state index contributed by atoms with van der Waals surface area (Å²) in [5.41, 5.74) is 0.629. The van der Waals surface area contributed by atoms with Crippen LogP contribution in [0.1, 0.15) is 23.3 Å². The van der Waals surface area contributed by atoms with Crippen molar-refractivity contribution < 1.29 is 14.6 Å². The predicted molar refractivity (Wildman–Crippen MR) is 90.6 cm³/mol. The number of carbonyl (C=O) groups excluding carboxylic acids is 1. The van der Waals surface area contributed by atoms with Crippen LogP contribution in [0.15, 0.2) is 30.5 Å². The van der Waals surface area contributed by atoms with Crippen LogP contribution in [0.3, 0.4) is 0 Å². The number of nitrogens with one attached hydrogen (secondary N) is 1. The van der Waals surface area contributed by atoms with Gasteiger partial charge in [0.25, 0.3) is 5.91 Å². The standard InChI is InChI=1S/C16H18Cl2N2O3/c1-20-7-4-5-14(20)16(22)19-6-2-3-8-23-15-12(17)9-11(21)10-13(15)18/h4-5,7,9-10,21H,2-3,6,8H2,1H3,(H,19,22). The summed E-state index contributed by atoms with van der Waals surface area (Å²) in [6.45, 7) is 0.981. The Kier molecular flexibility index (Phi) is 6.19. The maximum absolute atomic E-state index is 11.9. The van der Waals surface area contributed by atoms with Crippen molar-refractivity contribution >= 4 is 29.1 Å². The number of nitrogens with zero attached hydrogens (tertiary/aromatic N) is 1. The molecule has 0 bridgehead atoms. The van der Waals surface area contributed by atoms with Gasteiger partial charge in [0, 0.05) is 31.9 Å². The predicted octanol–water partition coefficient (Wildman–Crippen LogP) is 3.63. The van der Waals surface area contributed by atoms with Crippen LogP contribution in [0.2, 0.25) is 10.0 Å². The summed E-state index contributed by atoms with van der Waals surface area (Å²) >= 11 is 11.9. The number of aryl methyl sites for hydroxylation is 1. The van der Waals surface area contributed by atoms with Crippen molar-refractivity contribution in [1.29, 1.82) is 0 Å². The van der Waals surface area contributed by atoms with E-state index < -0.39 is 0 Å². The van der Waals surface area contributed by atoms with Crippen LogP contribution in [0.5, 0.6) is 11.5 Å². The lowest BCUT2D eigenvalue weighted by Gasteiger charge is -2.10. The topological polar surface area (TPSA) is 63.5 Å². The van der Waals surface area contributed by atoms with Crippen LogP contribution in [0.4, 0.5) is 0 Å². The maximum atomic E-state index is 11.9. The summed E-state index contributed by atoms with van der Waals surface area (Å²) in [5, 5.41) is 12.7. The molecule has 1 amide bonds. The summed E-state index contributed by atoms with van der Waals surface area (Å²) in [5.74, 6) is 0.262. The largest absolute Gasteiger partial charge is 0.508 e. The molecule has 0 aliphatic heterocycles. The molecule has 0 saturated carbocycles. The van der Waals surface area contributed by atoms with Gasteiger partial charge in [0.05, 0.1) is 16.7 Å². The van der Waals surface area contributed by atoms with Crippen molar-refractivity contribution in [2.24, 2.45) is 7.05 Å². The number of phenols is 1. The van der Waals surface area contributed by atoms with Crippen molar-refractivity contribution in [1.82, 2.24) is 9.88 Å². The van der Waals surface area contributed by atoms with Crippen LogP contribution < -0.4 is 10.1 Å². The van der Waals surface area contributed by atoms with Gasteiger partial charge >= 0.3 is 0 Å². The fraction of sp³-hybridized carbons (Fsp3) is 0.312. The number of hydrogen-bond donors (Lipinski definition) is 2. The minimum atomic E-state index is -0.0944. The van der Waals surface area contributed by atoms with Crippen molar-refractivity contribution in [3.63, 3.8) is 0 Å². The zero-order chi connectivity index (χ0) is 16.8. The summed E-state index contributed by atoms with van der Waals surface area (Å²) in [4.78, 5) is 11.9. The number of aromatic nitrogens is 1. The number of hydrogen-bond acceptors (Lipinski definition) is 3. The maximum Gasteiger partial charge on any atom is 0.267 e. The van der Waals surface area contributed by atoms with Crippen molar-refractivity contribution in [3.05, 3.63) is 46.2 Å². The molecule has 0 aliphatic carbocycles. The molecule has 0 aliphatic rings. The van der Waals surface area contributed by atoms with E-state index in [1.165, 1.54) is 12.1 Å². The highest BCUT2D eigenvalue weighted by molar-refractivity contribution is 6.37. The van der Waals surface area contributed by atoms with Gasteiger partial charge in [0.1, 0.15) is 11.4 Å². The monoisotopic (exact) mass is 356 g/mol. The van der Waals surface area contributed by atoms with E-state index >= 15 is 0 Å². The second-order valence-electron chi connectivity index (χ2n) is 5.05. The van der Waals surface area contributed by atoms with E-state index in [9.17, 15) is 9.90 Å². The molecule has 2 rings (SSSR count). The van der Waals surface area contributed by atoms with Gasteiger partial charge in [-0.3, -0.25) is 4.79 Å². The quantitative estimate of drug-likeness (QED) is 0.744. The lowest BCUT2D eigenvalue weighted by atomic mass is 10.3. The fourth-order valence-corrected chi connectivity index (χ4v) is 2.66. The molecular weight excluding hydrogens is 339 g/mol. The van der Waals surface area contributed by atoms with Gasteiger partial charge in [-0.15, -0.1) is 0 Å². The van der Waals surface area contributed by atoms with Crippen molar-refractivity contribution in [3.8, 4) is 11.5 Å². The molecule has 1 aromatic heterocycles. The highest BCUT2D eigenvalue weighted by Gasteiger charge is 2.10. The first-order valence-electron chi connectivity index (χ1n) is 7.19. The molecule has 0 unspecified atom stereocenters. The van der Waals surface area contributed by atoms with Crippen LogP contribution in [0, 0.1) is 0 Å². The third kappa shape index (κ3) is 4.81. The SMILES string of the molecule is Cn1cccc1C(=O)NCCCCOc1c(Cl)cc(O)cc1Cl. The average molecular weight is 357 g/mol. The smallest absolute Gasteiger partial charge is 0.267 e. The number of amides is 1. The molecular formula is C16H18Cl2N2O3. The Morgan fingerprint density at radius 3 is 2.61 bits per heavy atom. The number of aromatic hydroxyl groups is 1. The molecule has 7 heteroatoms. The number of benzene rings is 1. The number of halogens is 2. The summed E-state index contributed by atoms with van der Waals surface area (Å²) in [6.07, 6.45) is 3.33. The third-order valence-electron chi connectivity index (χ3n) is 3.26. The first-order valence-corrected chi connectivity index (χ1v) is 7.95. The molecule has 0 radical (unpaired) electrons. The number of unbranched alkanes of at least 4 members (excludes halogenated alkanes) is 1. The van der Waals surface area contributed by atoms with Gasteiger partial charge in [-0.05, 0) is 25.0 Å². The van der Waals surface area contributed by atoms with Crippen LogP contribution >= 0.6 is 23.2 Å². The summed E-state index contributed by atoms with van der Waals surface area (Å²) < 4.78 is 7.30. The van der Waals surface area contributed by atoms with E-state index in [2.05, 4.69) is 5.32 Å². The van der Waals surface area contributed by atoms with E-state index in [1.807, 2.05) is 19.3 Å². The normalized spacial score (nSPS) is 10.6. The van der Waals surface area contributed by atoms with Gasteiger partial charge < -0.3 is 19.7 Å². The Morgan fingerprint density at radius 1 is 1.30 bits per heavy atom. The Balaban J connectivity index is 1.69. The Bertz CT molecular complexity index is 663. The highest BCUT2D eigenvalue weighted by Crippen LogP contribution is 2.36. The highest BCUT2D eigenvalue weighted by atomic mass is 35.5. The molecule has 2 N–H and O–H groups in total. The van der Waals surface area contributed by atoms with Gasteiger partial charge in [0.15, 0.2) is 5.75 Å². The number of carbonyl (C=O) groups is 1. The molecule has 124 valence electrons. The molecule has 1 aromatic carbocycles. The number of phenolic OH excluding ortho intramolecular Hbond substituents is 1. The van der Waals surface area contributed by atoms with Crippen molar-refractivity contribution in [2.75, 3.05) is 13.2 Å². The summed E-state index contributed by atoms with van der Waals surface area (Å²) in [6, 6.07) is 6.35. The van der Waals surface area contributed by atoms with Gasteiger partial charge in [-0.1, -0.05) is 23.2 Å². The molecule has 23 heavy (non-hydrogen) atoms. The first kappa shape index (κ1) is 17.5. The van der Waals surface area contributed by atoms with Gasteiger partial charge in [0.2, 0.25) is 0 Å². The third-order valence-corrected chi connectivity index (χ3v) is 3.82. The second kappa shape index (κ2) is 8.13. The second-order valence-corrected chi connectivity index (χ2v) is 5.87. The lowest BCUT2D eigenvalue weighted by Crippen LogP contribution is -2.26. The molecule has 2 aromatic rings. The van der Waals surface area contributed by atoms with Crippen LogP contribution in [-0.2, 0) is 7.05 Å². The number of rotatable bonds is 7. The van der Waals surface area contributed by atoms with Crippen molar-refractivity contribution in [2.45, 2.75) is 12.8 Å². The molecule has 0 fully saturated rings. The number of ether oxygens (including phenoxy) is 1. The van der Waals surface area contributed by atoms with E-state index in [1.54, 1.807) is 10.6 Å². The minimum absolute atomic E-state index is 0.00395. The zero-order valence-electron chi connectivity index (χ0n) is 12.7. The van der Waals surface area contributed by atoms with E-state index in [0.717, 1.165) is 12.8 Å². The molecule has 1 heterocycles. The average Bonchev–Trinajstić information content (AvgIpc) is 2.90. The summed E-state index contributed by atoms with van der Waals surface area (Å²) in [7, 11) is 1.83. The molecule has 0 atom stereocenters. The van der Waals surface area contributed by atoms with Gasteiger partial charge in [-0.2, -0.15) is 0 Å². The molecule has 0 spiro atoms. The van der Waals surface area contributed by atoms with Gasteiger partial charge in [-0.25, -0.2) is 0 Å². The van der Waals surface area contributed by atoms with E-state index in [-0.39, 0.29) is 21.7 Å². The first-order chi connectivity index (χ1) is 11.0. The van der Waals surface area contributed by atoms with Crippen LogP contribution in [-0.4, -0.2) is 28.7 Å². The van der Waals surface area contributed by atoms with E-state index in [4.69, 9.17) is 27.9 Å². The van der Waals surface area contributed by atoms with Crippen LogP contribution in [0.25, 0.3) is 0 Å². The fourth-order valence-electron chi connectivity index (χ4n) is 2.08. The Labute approximate surface area is 144 Å². The van der Waals surface area contributed by atoms with E-state index in [0.29, 0.717) is 24.6 Å². The minimum Gasteiger partial charge on any atom is -0.508 e. The molecule has 5 nitrogen and oxygen atoms in total. The zero-order valence-corrected chi connectivity index (χ0v) is 14.2. The Morgan fingerprint density at radius 2 is 2.00 bits per heavy atom.